The lowest BCUT2D eigenvalue weighted by Gasteiger charge is -2.35. The van der Waals surface area contributed by atoms with Gasteiger partial charge in [-0.1, -0.05) is 87.5 Å². The fraction of sp³-hybridized carbons (Fsp3) is 0.422. The van der Waals surface area contributed by atoms with Gasteiger partial charge in [-0.15, -0.1) is 11.3 Å². The summed E-state index contributed by atoms with van der Waals surface area (Å²) in [6, 6.07) is 22.5. The largest absolute Gasteiger partial charge is 0.396 e. The maximum Gasteiger partial charge on any atom is 0.396 e. The van der Waals surface area contributed by atoms with Crippen molar-refractivity contribution in [2.45, 2.75) is 160 Å². The highest BCUT2D eigenvalue weighted by atomic mass is 32.1. The number of H-pyrrole nitrogens is 1. The standard InChI is InChI=1S/C64H76N9O12PS/c1-36(40-20-22-42(23-21-40)56-37(2)66-35-87-56)67-59(78)51-33-47(74)34-72(51)62(81)57(64(3,4)5)71-54(76)15-7-6-10-38-16-18-39(19-17-38)11-8-14-46(26-29-53(65)75)68-60(79)52-32-43-13-9-12-41-24-28-49(61(80)73(52)55(41)43)70-58(77)50-31-45-30-44(25-27-48(45)69-50)63(82)86(83,84)85/h9,12-13,16-23,25,27,30-31,35-36,46-47,49,51-52,57,69,74H,6-8,10-11,14-15,24,26,28-29,32-34H2,1-5H3,(H2,65,75)(H,67,78)(H,68,79)(H,70,77)(H,71,76)(H2,83,84,85)/t36-,46+,47+,49-,51-,52-,57+/m0/s1. The molecule has 3 aliphatic heterocycles. The number of aliphatic hydroxyl groups excluding tert-OH is 1. The fourth-order valence-corrected chi connectivity index (χ4v) is 13.2. The average molecular weight is 1230 g/mol. The van der Waals surface area contributed by atoms with Gasteiger partial charge in [-0.05, 0) is 135 Å². The molecule has 7 amide bonds. The van der Waals surface area contributed by atoms with Gasteiger partial charge in [0.15, 0.2) is 0 Å². The molecule has 87 heavy (non-hydrogen) atoms. The van der Waals surface area contributed by atoms with E-state index in [2.05, 4.69) is 31.2 Å². The summed E-state index contributed by atoms with van der Waals surface area (Å²) in [4.78, 5) is 138. The van der Waals surface area contributed by atoms with Crippen LogP contribution in [0.5, 0.6) is 0 Å². The van der Waals surface area contributed by atoms with Gasteiger partial charge in [-0.2, -0.15) is 0 Å². The third-order valence-corrected chi connectivity index (χ3v) is 18.5. The molecule has 0 bridgehead atoms. The molecule has 23 heteroatoms. The highest BCUT2D eigenvalue weighted by Crippen LogP contribution is 2.41. The van der Waals surface area contributed by atoms with Crippen molar-refractivity contribution in [3.63, 3.8) is 0 Å². The molecule has 10 N–H and O–H groups in total. The Morgan fingerprint density at radius 3 is 2.20 bits per heavy atom. The van der Waals surface area contributed by atoms with Gasteiger partial charge in [-0.3, -0.25) is 47.8 Å². The number of aromatic amines is 1. The molecule has 460 valence electrons. The number of hydrogen-bond donors (Lipinski definition) is 9. The molecule has 4 aromatic carbocycles. The van der Waals surface area contributed by atoms with E-state index < -0.39 is 84.4 Å². The molecule has 9 rings (SSSR count). The normalized spacial score (nSPS) is 18.6. The number of aromatic nitrogens is 2. The number of aryl methyl sites for hydroxylation is 4. The van der Waals surface area contributed by atoms with E-state index in [1.165, 1.54) is 34.1 Å². The molecule has 2 aromatic heterocycles. The third kappa shape index (κ3) is 15.3. The van der Waals surface area contributed by atoms with E-state index in [1.807, 2.05) is 107 Å². The smallest absolute Gasteiger partial charge is 0.391 e. The van der Waals surface area contributed by atoms with E-state index in [1.54, 1.807) is 11.3 Å². The number of nitrogens with one attached hydrogen (secondary N) is 5. The van der Waals surface area contributed by atoms with Gasteiger partial charge < -0.3 is 51.8 Å². The van der Waals surface area contributed by atoms with E-state index in [9.17, 15) is 57.8 Å². The second-order valence-corrected chi connectivity index (χ2v) is 26.6. The molecule has 1 saturated heterocycles. The van der Waals surface area contributed by atoms with E-state index in [0.717, 1.165) is 44.0 Å². The maximum absolute atomic E-state index is 14.5. The Morgan fingerprint density at radius 1 is 0.839 bits per heavy atom. The van der Waals surface area contributed by atoms with Crippen LogP contribution in [0.15, 0.2) is 96.5 Å². The van der Waals surface area contributed by atoms with Gasteiger partial charge in [0.1, 0.15) is 29.9 Å². The summed E-state index contributed by atoms with van der Waals surface area (Å²) in [6.45, 7) is 9.38. The summed E-state index contributed by atoms with van der Waals surface area (Å²) < 4.78 is 11.6. The summed E-state index contributed by atoms with van der Waals surface area (Å²) in [5.74, 6) is -3.10. The number of carbonyl (C=O) groups is 8. The van der Waals surface area contributed by atoms with Crippen LogP contribution in [-0.4, -0.2) is 119 Å². The van der Waals surface area contributed by atoms with Crippen molar-refractivity contribution in [3.8, 4) is 10.4 Å². The number of nitrogens with two attached hydrogens (primary N) is 1. The van der Waals surface area contributed by atoms with Gasteiger partial charge in [0.25, 0.3) is 11.4 Å². The Labute approximate surface area is 508 Å². The fourth-order valence-electron chi connectivity index (χ4n) is 12.0. The number of carbonyl (C=O) groups excluding carboxylic acids is 8. The van der Waals surface area contributed by atoms with Crippen molar-refractivity contribution in [3.05, 3.63) is 141 Å². The number of fused-ring (bicyclic) bond motifs is 1. The second kappa shape index (κ2) is 27.0. The Bertz CT molecular complexity index is 3630. The van der Waals surface area contributed by atoms with Crippen molar-refractivity contribution in [2.75, 3.05) is 11.4 Å². The van der Waals surface area contributed by atoms with Gasteiger partial charge in [0.05, 0.1) is 33.9 Å². The highest BCUT2D eigenvalue weighted by molar-refractivity contribution is 7.70. The van der Waals surface area contributed by atoms with Crippen molar-refractivity contribution in [1.29, 1.82) is 0 Å². The topological polar surface area (TPSA) is 324 Å². The van der Waals surface area contributed by atoms with Crippen LogP contribution in [0.1, 0.15) is 146 Å². The number of hydrogen-bond acceptors (Lipinski definition) is 12. The number of amides is 7. The number of rotatable bonds is 24. The van der Waals surface area contributed by atoms with Crippen molar-refractivity contribution in [2.24, 2.45) is 11.1 Å². The Balaban J connectivity index is 0.742. The van der Waals surface area contributed by atoms with Crippen LogP contribution < -0.4 is 31.9 Å². The zero-order valence-electron chi connectivity index (χ0n) is 49.5. The zero-order valence-corrected chi connectivity index (χ0v) is 51.2. The Morgan fingerprint density at radius 2 is 1.53 bits per heavy atom. The molecule has 0 aliphatic carbocycles. The lowest BCUT2D eigenvalue weighted by Crippen LogP contribution is -2.57. The number of primary amides is 1. The van der Waals surface area contributed by atoms with Crippen LogP contribution in [-0.2, 0) is 59.0 Å². The van der Waals surface area contributed by atoms with E-state index in [-0.39, 0.29) is 74.2 Å². The number of nitrogens with zero attached hydrogens (tertiary/aromatic N) is 3. The molecular weight excluding hydrogens is 1150 g/mol. The lowest BCUT2D eigenvalue weighted by molar-refractivity contribution is -0.144. The van der Waals surface area contributed by atoms with Crippen molar-refractivity contribution >= 4 is 82.4 Å². The van der Waals surface area contributed by atoms with Gasteiger partial charge in [0.2, 0.25) is 35.4 Å². The quantitative estimate of drug-likeness (QED) is 0.0223. The van der Waals surface area contributed by atoms with Crippen LogP contribution >= 0.6 is 18.9 Å². The molecule has 3 aliphatic rings. The van der Waals surface area contributed by atoms with Crippen LogP contribution in [0.25, 0.3) is 21.3 Å². The molecule has 1 fully saturated rings. The number of likely N-dealkylation sites (tertiary alicyclic amines) is 1. The molecule has 0 radical (unpaired) electrons. The molecule has 21 nitrogen and oxygen atoms in total. The van der Waals surface area contributed by atoms with E-state index in [0.29, 0.717) is 61.5 Å². The monoisotopic (exact) mass is 1230 g/mol. The minimum Gasteiger partial charge on any atom is -0.391 e. The SMILES string of the molecule is Cc1ncsc1-c1ccc([C@H](C)NC(=O)[C@@H]2C[C@@H](O)CN2C(=O)[C@@H](NC(=O)CCCCc2ccc(CCC[C@H](CCC(N)=O)NC(=O)[C@@H]3Cc4cccc5c4N3C(=O)[C@@H](NC(=O)c3cc4cc(C(=O)P(=O)(O)O)ccc4[nH]3)CC5)cc2)C(C)(C)C)cc1. The summed E-state index contributed by atoms with van der Waals surface area (Å²) in [6.07, 6.45) is 4.45. The van der Waals surface area contributed by atoms with Gasteiger partial charge in [0, 0.05) is 54.7 Å². The molecule has 0 unspecified atom stereocenters. The van der Waals surface area contributed by atoms with E-state index >= 15 is 0 Å². The number of benzene rings is 4. The summed E-state index contributed by atoms with van der Waals surface area (Å²) in [7, 11) is -5.05. The molecule has 0 spiro atoms. The number of aliphatic hydroxyl groups is 1. The predicted molar refractivity (Wildman–Crippen MR) is 329 cm³/mol. The molecular formula is C64H76N9O12PS. The number of thiazole rings is 1. The average Bonchev–Trinajstić information content (AvgIpc) is 1.94. The number of para-hydroxylation sites is 1. The minimum atomic E-state index is -5.05. The first-order valence-corrected chi connectivity index (χ1v) is 32.0. The first-order chi connectivity index (χ1) is 41.3. The van der Waals surface area contributed by atoms with Crippen molar-refractivity contribution < 1.29 is 57.8 Å². The minimum absolute atomic E-state index is 0.0255. The highest BCUT2D eigenvalue weighted by Gasteiger charge is 2.46. The zero-order chi connectivity index (χ0) is 62.5. The Hall–Kier alpha value is -7.88. The number of anilines is 1. The first-order valence-electron chi connectivity index (χ1n) is 29.6. The Kier molecular flexibility index (Phi) is 19.8. The first kappa shape index (κ1) is 63.6. The molecule has 0 saturated carbocycles. The predicted octanol–water partition coefficient (Wildman–Crippen LogP) is 6.78. The van der Waals surface area contributed by atoms with Crippen LogP contribution in [0.2, 0.25) is 0 Å². The van der Waals surface area contributed by atoms with Crippen LogP contribution in [0.3, 0.4) is 0 Å². The summed E-state index contributed by atoms with van der Waals surface area (Å²) in [5, 5.41) is 23.0. The summed E-state index contributed by atoms with van der Waals surface area (Å²) in [5.41, 5.74) is 12.9. The third-order valence-electron chi connectivity index (χ3n) is 16.7. The number of unbranched alkanes of at least 4 members (excludes halogenated alkanes) is 1. The molecule has 5 heterocycles. The van der Waals surface area contributed by atoms with E-state index in [4.69, 9.17) is 5.73 Å². The van der Waals surface area contributed by atoms with Crippen molar-refractivity contribution in [1.82, 2.24) is 36.1 Å². The molecule has 7 atom stereocenters. The van der Waals surface area contributed by atoms with Gasteiger partial charge in [-0.25, -0.2) is 4.98 Å². The summed E-state index contributed by atoms with van der Waals surface area (Å²) >= 11 is 1.56. The lowest BCUT2D eigenvalue weighted by atomic mass is 9.85. The number of β-amino-alcohol motifs (C(OH)–C–C–N with tert-alkyl or cyclic N) is 1. The van der Waals surface area contributed by atoms with Gasteiger partial charge >= 0.3 is 7.60 Å². The van der Waals surface area contributed by atoms with Crippen LogP contribution in [0.4, 0.5) is 5.69 Å². The second-order valence-electron chi connectivity index (χ2n) is 24.3. The maximum atomic E-state index is 14.5. The molecule has 6 aromatic rings. The van der Waals surface area contributed by atoms with Crippen LogP contribution in [0, 0.1) is 12.3 Å².